The SMILES string of the molecule is COc1ccccc1-c1nc(NC(=O)[C@@H](C)N2Cc3ccccc3C2=O)n[nH]1. The lowest BCUT2D eigenvalue weighted by Crippen LogP contribution is -2.42. The molecule has 2 heterocycles. The van der Waals surface area contributed by atoms with Crippen molar-refractivity contribution >= 4 is 17.8 Å². The van der Waals surface area contributed by atoms with Crippen LogP contribution in [0.25, 0.3) is 11.4 Å². The van der Waals surface area contributed by atoms with Crippen molar-refractivity contribution in [3.8, 4) is 17.1 Å². The van der Waals surface area contributed by atoms with Crippen LogP contribution in [-0.4, -0.2) is 45.0 Å². The Kier molecular flexibility index (Phi) is 4.52. The molecule has 8 heteroatoms. The molecule has 1 aliphatic heterocycles. The van der Waals surface area contributed by atoms with Crippen molar-refractivity contribution in [1.82, 2.24) is 20.1 Å². The normalized spacial score (nSPS) is 13.9. The number of rotatable bonds is 5. The van der Waals surface area contributed by atoms with Crippen molar-refractivity contribution in [3.63, 3.8) is 0 Å². The lowest BCUT2D eigenvalue weighted by molar-refractivity contribution is -0.120. The minimum absolute atomic E-state index is 0.141. The summed E-state index contributed by atoms with van der Waals surface area (Å²) in [6.45, 7) is 2.09. The van der Waals surface area contributed by atoms with Gasteiger partial charge in [-0.3, -0.25) is 20.0 Å². The monoisotopic (exact) mass is 377 g/mol. The largest absolute Gasteiger partial charge is 0.496 e. The van der Waals surface area contributed by atoms with Crippen LogP contribution < -0.4 is 10.1 Å². The van der Waals surface area contributed by atoms with Crippen molar-refractivity contribution < 1.29 is 14.3 Å². The quantitative estimate of drug-likeness (QED) is 0.711. The van der Waals surface area contributed by atoms with Gasteiger partial charge in [0, 0.05) is 12.1 Å². The first-order chi connectivity index (χ1) is 13.6. The van der Waals surface area contributed by atoms with Crippen LogP contribution in [0.5, 0.6) is 5.75 Å². The van der Waals surface area contributed by atoms with Crippen LogP contribution in [0.4, 0.5) is 5.95 Å². The van der Waals surface area contributed by atoms with E-state index in [2.05, 4.69) is 20.5 Å². The predicted octanol–water partition coefficient (Wildman–Crippen LogP) is 2.46. The Labute approximate surface area is 161 Å². The third-order valence-electron chi connectivity index (χ3n) is 4.78. The number of aromatic nitrogens is 3. The van der Waals surface area contributed by atoms with Gasteiger partial charge in [0.1, 0.15) is 11.8 Å². The zero-order chi connectivity index (χ0) is 19.7. The molecule has 0 aliphatic carbocycles. The topological polar surface area (TPSA) is 100 Å². The van der Waals surface area contributed by atoms with Gasteiger partial charge in [0.15, 0.2) is 5.82 Å². The Morgan fingerprint density at radius 2 is 1.89 bits per heavy atom. The molecule has 4 rings (SSSR count). The molecule has 2 aromatic carbocycles. The second kappa shape index (κ2) is 7.15. The zero-order valence-electron chi connectivity index (χ0n) is 15.5. The lowest BCUT2D eigenvalue weighted by atomic mass is 10.1. The van der Waals surface area contributed by atoms with Gasteiger partial charge >= 0.3 is 0 Å². The first-order valence-corrected chi connectivity index (χ1v) is 8.84. The fourth-order valence-corrected chi connectivity index (χ4v) is 3.22. The van der Waals surface area contributed by atoms with E-state index in [0.29, 0.717) is 23.7 Å². The van der Waals surface area contributed by atoms with Crippen LogP contribution in [0.2, 0.25) is 0 Å². The molecule has 1 atom stereocenters. The number of hydrogen-bond donors (Lipinski definition) is 2. The van der Waals surface area contributed by atoms with Crippen LogP contribution >= 0.6 is 0 Å². The number of benzene rings is 2. The molecule has 0 spiro atoms. The van der Waals surface area contributed by atoms with Gasteiger partial charge in [0.25, 0.3) is 5.91 Å². The summed E-state index contributed by atoms with van der Waals surface area (Å²) in [6.07, 6.45) is 0. The van der Waals surface area contributed by atoms with Crippen LogP contribution in [0.1, 0.15) is 22.8 Å². The van der Waals surface area contributed by atoms with E-state index in [1.54, 1.807) is 20.1 Å². The number of H-pyrrole nitrogens is 1. The molecular formula is C20H19N5O3. The van der Waals surface area contributed by atoms with E-state index in [0.717, 1.165) is 11.1 Å². The van der Waals surface area contributed by atoms with Gasteiger partial charge < -0.3 is 9.64 Å². The summed E-state index contributed by atoms with van der Waals surface area (Å²) >= 11 is 0. The fourth-order valence-electron chi connectivity index (χ4n) is 3.22. The average molecular weight is 377 g/mol. The predicted molar refractivity (Wildman–Crippen MR) is 103 cm³/mol. The molecule has 8 nitrogen and oxygen atoms in total. The maximum Gasteiger partial charge on any atom is 0.255 e. The molecule has 0 saturated heterocycles. The van der Waals surface area contributed by atoms with E-state index in [1.165, 1.54) is 4.90 Å². The van der Waals surface area contributed by atoms with Crippen LogP contribution in [0.3, 0.4) is 0 Å². The molecule has 1 aromatic heterocycles. The van der Waals surface area contributed by atoms with E-state index < -0.39 is 6.04 Å². The molecule has 28 heavy (non-hydrogen) atoms. The van der Waals surface area contributed by atoms with Gasteiger partial charge in [0.05, 0.1) is 12.7 Å². The number of carbonyl (C=O) groups is 2. The first-order valence-electron chi connectivity index (χ1n) is 8.84. The van der Waals surface area contributed by atoms with Crippen LogP contribution in [-0.2, 0) is 11.3 Å². The van der Waals surface area contributed by atoms with Crippen molar-refractivity contribution in [2.75, 3.05) is 12.4 Å². The van der Waals surface area contributed by atoms with E-state index in [-0.39, 0.29) is 17.8 Å². The number of methoxy groups -OCH3 is 1. The smallest absolute Gasteiger partial charge is 0.255 e. The summed E-state index contributed by atoms with van der Waals surface area (Å²) in [4.78, 5) is 31.0. The number of anilines is 1. The molecule has 2 N–H and O–H groups in total. The van der Waals surface area contributed by atoms with Gasteiger partial charge in [0.2, 0.25) is 11.9 Å². The molecular weight excluding hydrogens is 358 g/mol. The third-order valence-corrected chi connectivity index (χ3v) is 4.78. The number of ether oxygens (including phenoxy) is 1. The molecule has 1 aliphatic rings. The lowest BCUT2D eigenvalue weighted by Gasteiger charge is -2.22. The maximum atomic E-state index is 12.6. The number of carbonyl (C=O) groups excluding carboxylic acids is 2. The molecule has 0 bridgehead atoms. The molecule has 3 aromatic rings. The summed E-state index contributed by atoms with van der Waals surface area (Å²) in [5.41, 5.74) is 2.29. The van der Waals surface area contributed by atoms with Crippen LogP contribution in [0.15, 0.2) is 48.5 Å². The van der Waals surface area contributed by atoms with E-state index in [4.69, 9.17) is 4.74 Å². The minimum atomic E-state index is -0.659. The van der Waals surface area contributed by atoms with Gasteiger partial charge in [-0.15, -0.1) is 5.10 Å². The molecule has 2 amide bonds. The number of nitrogens with one attached hydrogen (secondary N) is 2. The summed E-state index contributed by atoms with van der Waals surface area (Å²) in [5.74, 6) is 0.756. The summed E-state index contributed by atoms with van der Waals surface area (Å²) in [6, 6.07) is 14.1. The second-order valence-electron chi connectivity index (χ2n) is 6.46. The van der Waals surface area contributed by atoms with E-state index in [9.17, 15) is 9.59 Å². The first kappa shape index (κ1) is 17.7. The Bertz CT molecular complexity index is 1050. The molecule has 0 fully saturated rings. The molecule has 0 radical (unpaired) electrons. The van der Waals surface area contributed by atoms with Crippen molar-refractivity contribution in [3.05, 3.63) is 59.7 Å². The molecule has 0 saturated carbocycles. The van der Waals surface area contributed by atoms with Gasteiger partial charge in [-0.2, -0.15) is 4.98 Å². The number of aromatic amines is 1. The fraction of sp³-hybridized carbons (Fsp3) is 0.200. The van der Waals surface area contributed by atoms with Crippen molar-refractivity contribution in [2.45, 2.75) is 19.5 Å². The molecule has 0 unspecified atom stereocenters. The van der Waals surface area contributed by atoms with E-state index >= 15 is 0 Å². The van der Waals surface area contributed by atoms with Gasteiger partial charge in [-0.05, 0) is 30.7 Å². The zero-order valence-corrected chi connectivity index (χ0v) is 15.5. The van der Waals surface area contributed by atoms with E-state index in [1.807, 2.05) is 42.5 Å². The average Bonchev–Trinajstić information content (AvgIpc) is 3.32. The Morgan fingerprint density at radius 3 is 2.64 bits per heavy atom. The van der Waals surface area contributed by atoms with Crippen molar-refractivity contribution in [1.29, 1.82) is 0 Å². The van der Waals surface area contributed by atoms with Gasteiger partial charge in [-0.25, -0.2) is 0 Å². The highest BCUT2D eigenvalue weighted by molar-refractivity contribution is 6.03. The minimum Gasteiger partial charge on any atom is -0.496 e. The second-order valence-corrected chi connectivity index (χ2v) is 6.46. The Morgan fingerprint density at radius 1 is 1.18 bits per heavy atom. The highest BCUT2D eigenvalue weighted by atomic mass is 16.5. The maximum absolute atomic E-state index is 12.6. The third kappa shape index (κ3) is 3.09. The number of fused-ring (bicyclic) bond motifs is 1. The molecule has 142 valence electrons. The Balaban J connectivity index is 1.48. The highest BCUT2D eigenvalue weighted by Gasteiger charge is 2.33. The highest BCUT2D eigenvalue weighted by Crippen LogP contribution is 2.27. The summed E-state index contributed by atoms with van der Waals surface area (Å²) in [7, 11) is 1.57. The number of amides is 2. The number of para-hydroxylation sites is 1. The van der Waals surface area contributed by atoms with Crippen molar-refractivity contribution in [2.24, 2.45) is 0 Å². The summed E-state index contributed by atoms with van der Waals surface area (Å²) < 4.78 is 5.32. The Hall–Kier alpha value is -3.68. The number of hydrogen-bond acceptors (Lipinski definition) is 5. The van der Waals surface area contributed by atoms with Gasteiger partial charge in [-0.1, -0.05) is 30.3 Å². The standard InChI is InChI=1S/C20H19N5O3/c1-12(25-11-13-7-3-4-8-14(13)19(25)27)18(26)22-20-21-17(23-24-20)15-9-5-6-10-16(15)28-2/h3-10,12H,11H2,1-2H3,(H2,21,22,23,24,26)/t12-/m1/s1. The van der Waals surface area contributed by atoms with Crippen LogP contribution in [0, 0.1) is 0 Å². The summed E-state index contributed by atoms with van der Waals surface area (Å²) in [5, 5.41) is 9.51. The number of nitrogens with zero attached hydrogens (tertiary/aromatic N) is 3.